The van der Waals surface area contributed by atoms with Gasteiger partial charge < -0.3 is 15.5 Å². The van der Waals surface area contributed by atoms with Crippen LogP contribution in [0, 0.1) is 0 Å². The molecule has 2 aromatic rings. The Hall–Kier alpha value is -2.09. The summed E-state index contributed by atoms with van der Waals surface area (Å²) in [5.74, 6) is -0.342. The maximum Gasteiger partial charge on any atom is 0.238 e. The molecule has 21 heavy (non-hydrogen) atoms. The molecular weight excluding hydrogens is 292 g/mol. The first-order valence-corrected chi connectivity index (χ1v) is 7.74. The lowest BCUT2D eigenvalue weighted by Gasteiger charge is -2.07. The van der Waals surface area contributed by atoms with Crippen molar-refractivity contribution < 1.29 is 18.6 Å². The molecule has 5 N–H and O–H groups in total. The molecule has 0 atom stereocenters. The van der Waals surface area contributed by atoms with Gasteiger partial charge in [-0.2, -0.15) is 0 Å². The molecule has 0 aliphatic rings. The van der Waals surface area contributed by atoms with E-state index in [1.807, 2.05) is 0 Å². The molecule has 2 rings (SSSR count). The van der Waals surface area contributed by atoms with E-state index >= 15 is 0 Å². The molecule has 0 unspecified atom stereocenters. The molecule has 2 aromatic carbocycles. The number of phenols is 2. The first kappa shape index (κ1) is 15.3. The fourth-order valence-electron chi connectivity index (χ4n) is 1.86. The predicted octanol–water partition coefficient (Wildman–Crippen LogP) is 1.03. The summed E-state index contributed by atoms with van der Waals surface area (Å²) in [5.41, 5.74) is 1.58. The van der Waals surface area contributed by atoms with Crippen LogP contribution in [-0.2, 0) is 23.1 Å². The van der Waals surface area contributed by atoms with Gasteiger partial charge in [-0.1, -0.05) is 18.2 Å². The Morgan fingerprint density at radius 1 is 0.952 bits per heavy atom. The maximum atomic E-state index is 11.3. The van der Waals surface area contributed by atoms with E-state index in [-0.39, 0.29) is 16.4 Å². The number of primary sulfonamides is 1. The van der Waals surface area contributed by atoms with E-state index < -0.39 is 10.0 Å². The Kier molecular flexibility index (Phi) is 4.46. The second-order valence-electron chi connectivity index (χ2n) is 4.62. The topological polar surface area (TPSA) is 113 Å². The average Bonchev–Trinajstić information content (AvgIpc) is 2.42. The summed E-state index contributed by atoms with van der Waals surface area (Å²) < 4.78 is 22.5. The van der Waals surface area contributed by atoms with Crippen LogP contribution < -0.4 is 10.5 Å². The predicted molar refractivity (Wildman–Crippen MR) is 78.1 cm³/mol. The SMILES string of the molecule is NS(=O)(=O)c1cccc(CNCc2ccc(O)c(O)c2)c1. The van der Waals surface area contributed by atoms with Crippen molar-refractivity contribution in [3.8, 4) is 11.5 Å². The lowest BCUT2D eigenvalue weighted by atomic mass is 10.2. The molecule has 0 amide bonds. The average molecular weight is 308 g/mol. The van der Waals surface area contributed by atoms with E-state index in [9.17, 15) is 18.6 Å². The van der Waals surface area contributed by atoms with Crippen LogP contribution in [0.2, 0.25) is 0 Å². The van der Waals surface area contributed by atoms with Gasteiger partial charge in [0, 0.05) is 13.1 Å². The largest absolute Gasteiger partial charge is 0.504 e. The van der Waals surface area contributed by atoms with Crippen molar-refractivity contribution >= 4 is 10.0 Å². The van der Waals surface area contributed by atoms with E-state index in [1.54, 1.807) is 18.2 Å². The summed E-state index contributed by atoms with van der Waals surface area (Å²) >= 11 is 0. The number of nitrogens with one attached hydrogen (secondary N) is 1. The molecule has 0 saturated carbocycles. The van der Waals surface area contributed by atoms with Crippen molar-refractivity contribution in [1.82, 2.24) is 5.32 Å². The van der Waals surface area contributed by atoms with Gasteiger partial charge >= 0.3 is 0 Å². The maximum absolute atomic E-state index is 11.3. The Morgan fingerprint density at radius 2 is 1.62 bits per heavy atom. The van der Waals surface area contributed by atoms with Crippen LogP contribution in [0.25, 0.3) is 0 Å². The van der Waals surface area contributed by atoms with Crippen molar-refractivity contribution in [1.29, 1.82) is 0 Å². The number of hydrogen-bond acceptors (Lipinski definition) is 5. The number of sulfonamides is 1. The van der Waals surface area contributed by atoms with Crippen molar-refractivity contribution in [2.45, 2.75) is 18.0 Å². The third kappa shape index (κ3) is 4.19. The number of benzene rings is 2. The van der Waals surface area contributed by atoms with Crippen LogP contribution in [0.1, 0.15) is 11.1 Å². The first-order chi connectivity index (χ1) is 9.86. The van der Waals surface area contributed by atoms with Gasteiger partial charge in [0.25, 0.3) is 0 Å². The van der Waals surface area contributed by atoms with Gasteiger partial charge in [-0.3, -0.25) is 0 Å². The monoisotopic (exact) mass is 308 g/mol. The van der Waals surface area contributed by atoms with Crippen LogP contribution >= 0.6 is 0 Å². The molecule has 0 radical (unpaired) electrons. The zero-order chi connectivity index (χ0) is 15.5. The van der Waals surface area contributed by atoms with Gasteiger partial charge in [-0.15, -0.1) is 0 Å². The van der Waals surface area contributed by atoms with Crippen LogP contribution in [0.15, 0.2) is 47.4 Å². The molecule has 0 aliphatic heterocycles. The molecule has 0 aliphatic carbocycles. The zero-order valence-corrected chi connectivity index (χ0v) is 12.0. The second-order valence-corrected chi connectivity index (χ2v) is 6.18. The van der Waals surface area contributed by atoms with Gasteiger partial charge in [0.2, 0.25) is 10.0 Å². The molecular formula is C14H16N2O4S. The third-order valence-corrected chi connectivity index (χ3v) is 3.84. The molecule has 0 heterocycles. The van der Waals surface area contributed by atoms with E-state index in [1.165, 1.54) is 24.3 Å². The van der Waals surface area contributed by atoms with Crippen LogP contribution in [0.3, 0.4) is 0 Å². The number of phenolic OH excluding ortho intramolecular Hbond substituents is 2. The van der Waals surface area contributed by atoms with Crippen LogP contribution in [-0.4, -0.2) is 18.6 Å². The third-order valence-electron chi connectivity index (χ3n) is 2.93. The minimum Gasteiger partial charge on any atom is -0.504 e. The Balaban J connectivity index is 1.99. The minimum atomic E-state index is -3.70. The number of rotatable bonds is 5. The van der Waals surface area contributed by atoms with E-state index in [2.05, 4.69) is 5.32 Å². The summed E-state index contributed by atoms with van der Waals surface area (Å²) in [4.78, 5) is 0.0732. The van der Waals surface area contributed by atoms with Crippen molar-refractivity contribution in [3.05, 3.63) is 53.6 Å². The minimum absolute atomic E-state index is 0.0732. The Morgan fingerprint density at radius 3 is 2.24 bits per heavy atom. The first-order valence-electron chi connectivity index (χ1n) is 6.19. The van der Waals surface area contributed by atoms with E-state index in [0.29, 0.717) is 13.1 Å². The summed E-state index contributed by atoms with van der Waals surface area (Å²) in [5, 5.41) is 26.8. The smallest absolute Gasteiger partial charge is 0.238 e. The van der Waals surface area contributed by atoms with Gasteiger partial charge in [0.1, 0.15) is 0 Å². The van der Waals surface area contributed by atoms with Crippen molar-refractivity contribution in [2.75, 3.05) is 0 Å². The summed E-state index contributed by atoms with van der Waals surface area (Å²) in [7, 11) is -3.70. The summed E-state index contributed by atoms with van der Waals surface area (Å²) in [6.07, 6.45) is 0. The Bertz CT molecular complexity index is 744. The molecule has 112 valence electrons. The summed E-state index contributed by atoms with van der Waals surface area (Å²) in [6.45, 7) is 0.915. The van der Waals surface area contributed by atoms with Crippen LogP contribution in [0.4, 0.5) is 0 Å². The quantitative estimate of drug-likeness (QED) is 0.616. The molecule has 0 saturated heterocycles. The lowest BCUT2D eigenvalue weighted by Crippen LogP contribution is -2.15. The van der Waals surface area contributed by atoms with E-state index in [0.717, 1.165) is 11.1 Å². The molecule has 0 spiro atoms. The van der Waals surface area contributed by atoms with Crippen molar-refractivity contribution in [3.63, 3.8) is 0 Å². The van der Waals surface area contributed by atoms with Gasteiger partial charge in [-0.05, 0) is 35.4 Å². The normalized spacial score (nSPS) is 11.5. The highest BCUT2D eigenvalue weighted by molar-refractivity contribution is 7.89. The highest BCUT2D eigenvalue weighted by Gasteiger charge is 2.07. The zero-order valence-electron chi connectivity index (χ0n) is 11.2. The highest BCUT2D eigenvalue weighted by atomic mass is 32.2. The lowest BCUT2D eigenvalue weighted by molar-refractivity contribution is 0.403. The fourth-order valence-corrected chi connectivity index (χ4v) is 2.45. The molecule has 0 aromatic heterocycles. The van der Waals surface area contributed by atoms with Gasteiger partial charge in [0.05, 0.1) is 4.90 Å². The molecule has 7 heteroatoms. The van der Waals surface area contributed by atoms with Crippen LogP contribution in [0.5, 0.6) is 11.5 Å². The van der Waals surface area contributed by atoms with E-state index in [4.69, 9.17) is 5.14 Å². The standard InChI is InChI=1S/C14H16N2O4S/c15-21(19,20)12-3-1-2-10(6-12)8-16-9-11-4-5-13(17)14(18)7-11/h1-7,16-18H,8-9H2,(H2,15,19,20). The summed E-state index contributed by atoms with van der Waals surface area (Å²) in [6, 6.07) is 10.9. The number of nitrogens with two attached hydrogens (primary N) is 1. The van der Waals surface area contributed by atoms with Gasteiger partial charge in [-0.25, -0.2) is 13.6 Å². The highest BCUT2D eigenvalue weighted by Crippen LogP contribution is 2.24. The molecule has 0 bridgehead atoms. The number of hydrogen-bond donors (Lipinski definition) is 4. The molecule has 6 nitrogen and oxygen atoms in total. The molecule has 0 fully saturated rings. The van der Waals surface area contributed by atoms with Gasteiger partial charge in [0.15, 0.2) is 11.5 Å². The fraction of sp³-hybridized carbons (Fsp3) is 0.143. The van der Waals surface area contributed by atoms with Crippen molar-refractivity contribution in [2.24, 2.45) is 5.14 Å². The Labute approximate surface area is 122 Å². The number of aromatic hydroxyl groups is 2. The second kappa shape index (κ2) is 6.13.